The Morgan fingerprint density at radius 1 is 1.27 bits per heavy atom. The van der Waals surface area contributed by atoms with Gasteiger partial charge in [0.1, 0.15) is 16.5 Å². The fourth-order valence-electron chi connectivity index (χ4n) is 3.49. The molecule has 1 N–H and O–H groups in total. The summed E-state index contributed by atoms with van der Waals surface area (Å²) in [5.41, 5.74) is 1.46. The van der Waals surface area contributed by atoms with E-state index in [4.69, 9.17) is 4.98 Å². The van der Waals surface area contributed by atoms with Crippen LogP contribution >= 0.6 is 11.3 Å². The number of nitrogens with one attached hydrogen (secondary N) is 1. The topological polar surface area (TPSA) is 58.1 Å². The number of hydrogen-bond donors (Lipinski definition) is 1. The van der Waals surface area contributed by atoms with Gasteiger partial charge in [-0.25, -0.2) is 9.97 Å². The summed E-state index contributed by atoms with van der Waals surface area (Å²) >= 11 is 1.83. The zero-order valence-corrected chi connectivity index (χ0v) is 13.8. The Morgan fingerprint density at radius 3 is 2.82 bits per heavy atom. The molecule has 1 saturated heterocycles. The maximum Gasteiger partial charge on any atom is 0.226 e. The molecule has 22 heavy (non-hydrogen) atoms. The fourth-order valence-corrected chi connectivity index (χ4v) is 4.79. The summed E-state index contributed by atoms with van der Waals surface area (Å²) in [6.07, 6.45) is 4.86. The van der Waals surface area contributed by atoms with Gasteiger partial charge in [0.25, 0.3) is 0 Å². The van der Waals surface area contributed by atoms with E-state index in [9.17, 15) is 4.79 Å². The van der Waals surface area contributed by atoms with Gasteiger partial charge < -0.3 is 10.2 Å². The molecular weight excluding hydrogens is 296 g/mol. The van der Waals surface area contributed by atoms with E-state index >= 15 is 0 Å². The molecule has 0 radical (unpaired) electrons. The van der Waals surface area contributed by atoms with Crippen LogP contribution in [0.1, 0.15) is 29.1 Å². The number of amides is 1. The lowest BCUT2D eigenvalue weighted by Crippen LogP contribution is -2.53. The third kappa shape index (κ3) is 2.08. The number of nitrogens with zero attached hydrogens (tertiary/aromatic N) is 3. The van der Waals surface area contributed by atoms with Crippen molar-refractivity contribution < 1.29 is 4.79 Å². The van der Waals surface area contributed by atoms with Crippen molar-refractivity contribution in [2.24, 2.45) is 5.92 Å². The van der Waals surface area contributed by atoms with Crippen molar-refractivity contribution in [3.63, 3.8) is 0 Å². The van der Waals surface area contributed by atoms with E-state index in [1.807, 2.05) is 18.3 Å². The van der Waals surface area contributed by atoms with Crippen LogP contribution in [0.5, 0.6) is 0 Å². The highest BCUT2D eigenvalue weighted by atomic mass is 32.1. The van der Waals surface area contributed by atoms with E-state index in [1.165, 1.54) is 35.1 Å². The molecule has 2 aliphatic rings. The Labute approximate surface area is 133 Å². The maximum atomic E-state index is 11.7. The summed E-state index contributed by atoms with van der Waals surface area (Å²) in [7, 11) is 1.70. The van der Waals surface area contributed by atoms with Gasteiger partial charge in [-0.2, -0.15) is 0 Å². The first kappa shape index (κ1) is 13.9. The van der Waals surface area contributed by atoms with Crippen LogP contribution in [0.25, 0.3) is 10.2 Å². The predicted molar refractivity (Wildman–Crippen MR) is 88.6 cm³/mol. The van der Waals surface area contributed by atoms with Crippen molar-refractivity contribution in [2.45, 2.75) is 32.6 Å². The molecule has 0 saturated carbocycles. The number of carbonyl (C=O) groups excluding carboxylic acids is 1. The molecule has 2 aromatic rings. The van der Waals surface area contributed by atoms with Gasteiger partial charge in [0.2, 0.25) is 5.91 Å². The molecule has 0 bridgehead atoms. The second-order valence-electron chi connectivity index (χ2n) is 6.20. The normalized spacial score (nSPS) is 18.2. The van der Waals surface area contributed by atoms with E-state index < -0.39 is 0 Å². The van der Waals surface area contributed by atoms with E-state index in [2.05, 4.69) is 15.2 Å². The number of rotatable bonds is 2. The summed E-state index contributed by atoms with van der Waals surface area (Å²) in [6, 6.07) is 0. The lowest BCUT2D eigenvalue weighted by atomic mass is 9.95. The van der Waals surface area contributed by atoms with E-state index in [1.54, 1.807) is 7.05 Å². The molecule has 3 heterocycles. The number of hydrogen-bond acceptors (Lipinski definition) is 5. The minimum absolute atomic E-state index is 0.0878. The van der Waals surface area contributed by atoms with Gasteiger partial charge in [0.05, 0.1) is 11.3 Å². The monoisotopic (exact) mass is 316 g/mol. The molecule has 1 amide bonds. The minimum Gasteiger partial charge on any atom is -0.359 e. The number of carbonyl (C=O) groups is 1. The van der Waals surface area contributed by atoms with Crippen LogP contribution < -0.4 is 10.2 Å². The molecule has 6 heteroatoms. The Kier molecular flexibility index (Phi) is 3.29. The first-order valence-corrected chi connectivity index (χ1v) is 8.74. The third-order valence-electron chi connectivity index (χ3n) is 4.71. The van der Waals surface area contributed by atoms with Crippen molar-refractivity contribution in [3.8, 4) is 0 Å². The van der Waals surface area contributed by atoms with E-state index in [0.29, 0.717) is 0 Å². The first-order valence-electron chi connectivity index (χ1n) is 7.93. The van der Waals surface area contributed by atoms with Gasteiger partial charge in [-0.05, 0) is 38.2 Å². The second-order valence-corrected chi connectivity index (χ2v) is 7.29. The van der Waals surface area contributed by atoms with Crippen molar-refractivity contribution in [3.05, 3.63) is 16.3 Å². The van der Waals surface area contributed by atoms with Crippen molar-refractivity contribution >= 4 is 33.3 Å². The highest BCUT2D eigenvalue weighted by molar-refractivity contribution is 7.19. The average Bonchev–Trinajstić information content (AvgIpc) is 2.83. The SMILES string of the molecule is CNC(=O)C1CN(c2nc(C)nc3sc4c(c23)CCCC4)C1. The third-order valence-corrected chi connectivity index (χ3v) is 5.89. The van der Waals surface area contributed by atoms with Gasteiger partial charge in [-0.1, -0.05) is 0 Å². The van der Waals surface area contributed by atoms with Crippen molar-refractivity contribution in [1.29, 1.82) is 0 Å². The molecular formula is C16H20N4OS. The van der Waals surface area contributed by atoms with Gasteiger partial charge >= 0.3 is 0 Å². The molecule has 0 unspecified atom stereocenters. The largest absolute Gasteiger partial charge is 0.359 e. The fraction of sp³-hybridized carbons (Fsp3) is 0.562. The molecule has 1 aliphatic carbocycles. The zero-order valence-electron chi connectivity index (χ0n) is 13.0. The zero-order chi connectivity index (χ0) is 15.3. The standard InChI is InChI=1S/C16H20N4OS/c1-9-18-14(20-7-10(8-20)15(21)17-2)13-11-5-3-4-6-12(11)22-16(13)19-9/h10H,3-8H2,1-2H3,(H,17,21). The summed E-state index contributed by atoms with van der Waals surface area (Å²) in [5.74, 6) is 2.09. The lowest BCUT2D eigenvalue weighted by molar-refractivity contribution is -0.125. The van der Waals surface area contributed by atoms with E-state index in [-0.39, 0.29) is 11.8 Å². The Hall–Kier alpha value is -1.69. The van der Waals surface area contributed by atoms with Crippen molar-refractivity contribution in [1.82, 2.24) is 15.3 Å². The quantitative estimate of drug-likeness (QED) is 0.921. The molecule has 4 rings (SSSR count). The molecule has 2 aromatic heterocycles. The molecule has 1 fully saturated rings. The maximum absolute atomic E-state index is 11.7. The Morgan fingerprint density at radius 2 is 2.05 bits per heavy atom. The number of aryl methyl sites for hydroxylation is 3. The van der Waals surface area contributed by atoms with Crippen LogP contribution in [0.3, 0.4) is 0 Å². The Bertz CT molecular complexity index is 748. The minimum atomic E-state index is 0.0878. The average molecular weight is 316 g/mol. The highest BCUT2D eigenvalue weighted by Gasteiger charge is 2.35. The molecule has 0 atom stereocenters. The van der Waals surface area contributed by atoms with Gasteiger partial charge in [0.15, 0.2) is 0 Å². The number of fused-ring (bicyclic) bond motifs is 3. The lowest BCUT2D eigenvalue weighted by Gasteiger charge is -2.39. The highest BCUT2D eigenvalue weighted by Crippen LogP contribution is 2.41. The van der Waals surface area contributed by atoms with Gasteiger partial charge in [-0.15, -0.1) is 11.3 Å². The molecule has 0 spiro atoms. The first-order chi connectivity index (χ1) is 10.7. The predicted octanol–water partition coefficient (Wildman–Crippen LogP) is 2.06. The van der Waals surface area contributed by atoms with Gasteiger partial charge in [-0.3, -0.25) is 4.79 Å². The number of thiophene rings is 1. The summed E-state index contributed by atoms with van der Waals surface area (Å²) in [6.45, 7) is 3.48. The molecule has 0 aromatic carbocycles. The van der Waals surface area contributed by atoms with Crippen LogP contribution in [-0.2, 0) is 17.6 Å². The Balaban J connectivity index is 1.74. The van der Waals surface area contributed by atoms with Gasteiger partial charge in [0, 0.05) is 25.0 Å². The van der Waals surface area contributed by atoms with E-state index in [0.717, 1.165) is 36.0 Å². The number of aromatic nitrogens is 2. The van der Waals surface area contributed by atoms with Crippen LogP contribution in [-0.4, -0.2) is 36.0 Å². The second kappa shape index (κ2) is 5.19. The van der Waals surface area contributed by atoms with Crippen LogP contribution in [0.2, 0.25) is 0 Å². The summed E-state index contributed by atoms with van der Waals surface area (Å²) < 4.78 is 0. The molecule has 5 nitrogen and oxygen atoms in total. The summed E-state index contributed by atoms with van der Waals surface area (Å²) in [5, 5.41) is 3.99. The van der Waals surface area contributed by atoms with Crippen LogP contribution in [0, 0.1) is 12.8 Å². The van der Waals surface area contributed by atoms with Crippen LogP contribution in [0.4, 0.5) is 5.82 Å². The van der Waals surface area contributed by atoms with Crippen molar-refractivity contribution in [2.75, 3.05) is 25.0 Å². The summed E-state index contributed by atoms with van der Waals surface area (Å²) in [4.78, 5) is 25.9. The molecule has 116 valence electrons. The molecule has 1 aliphatic heterocycles. The number of anilines is 1. The smallest absolute Gasteiger partial charge is 0.226 e. The van der Waals surface area contributed by atoms with Crippen LogP contribution in [0.15, 0.2) is 0 Å².